The van der Waals surface area contributed by atoms with E-state index in [-0.39, 0.29) is 42.1 Å². The Morgan fingerprint density at radius 3 is 2.58 bits per heavy atom. The van der Waals surface area contributed by atoms with Gasteiger partial charge in [-0.15, -0.1) is 0 Å². The third-order valence-corrected chi connectivity index (χ3v) is 6.55. The van der Waals surface area contributed by atoms with E-state index in [4.69, 9.17) is 11.6 Å². The number of carbonyl (C=O) groups excluding carboxylic acids is 2. The molecule has 3 heterocycles. The number of Topliss-reactive ketones (excluding diaryl/α,β-unsaturated/α-hetero) is 1. The fourth-order valence-corrected chi connectivity index (χ4v) is 4.49. The molecule has 190 valence electrons. The van der Waals surface area contributed by atoms with E-state index in [1.165, 1.54) is 13.1 Å². The number of likely N-dealkylation sites (tertiary alicyclic amines) is 1. The van der Waals surface area contributed by atoms with Crippen molar-refractivity contribution in [2.24, 2.45) is 0 Å². The molecular weight excluding hydrogens is 485 g/mol. The molecule has 0 unspecified atom stereocenters. The van der Waals surface area contributed by atoms with Crippen LogP contribution in [-0.2, 0) is 9.59 Å². The van der Waals surface area contributed by atoms with Crippen molar-refractivity contribution in [3.05, 3.63) is 52.1 Å². The van der Waals surface area contributed by atoms with Crippen LogP contribution in [0.4, 0.5) is 27.7 Å². The van der Waals surface area contributed by atoms with Crippen LogP contribution in [0, 0.1) is 19.7 Å². The van der Waals surface area contributed by atoms with Crippen LogP contribution in [0.2, 0.25) is 5.02 Å². The molecule has 1 amide bonds. The number of ketones is 1. The first-order valence-corrected chi connectivity index (χ1v) is 12.2. The Bertz CT molecular complexity index is 1270. The maximum Gasteiger partial charge on any atom is 0.229 e. The SMILES string of the molecule is CC(=O)CCC(=O)N1CCC(c2cc(F)c(Nc3ncc(Cl)c(Nc4cc(C)[nH]n4)n3)cc2C)CC1. The highest BCUT2D eigenvalue weighted by Gasteiger charge is 2.25. The van der Waals surface area contributed by atoms with Gasteiger partial charge in [-0.1, -0.05) is 11.6 Å². The smallest absolute Gasteiger partial charge is 0.229 e. The zero-order valence-electron chi connectivity index (χ0n) is 20.5. The summed E-state index contributed by atoms with van der Waals surface area (Å²) in [6.45, 7) is 6.52. The van der Waals surface area contributed by atoms with Crippen molar-refractivity contribution in [3.8, 4) is 0 Å². The zero-order chi connectivity index (χ0) is 25.8. The summed E-state index contributed by atoms with van der Waals surface area (Å²) < 4.78 is 15.1. The Balaban J connectivity index is 1.43. The summed E-state index contributed by atoms with van der Waals surface area (Å²) >= 11 is 6.21. The fourth-order valence-electron chi connectivity index (χ4n) is 4.35. The van der Waals surface area contributed by atoms with Crippen LogP contribution in [0.1, 0.15) is 55.3 Å². The molecule has 1 aliphatic heterocycles. The van der Waals surface area contributed by atoms with E-state index in [9.17, 15) is 9.59 Å². The van der Waals surface area contributed by atoms with Gasteiger partial charge in [0.05, 0.1) is 11.9 Å². The molecular formula is C25H29ClFN7O2. The minimum atomic E-state index is -0.411. The van der Waals surface area contributed by atoms with Crippen molar-refractivity contribution >= 4 is 46.6 Å². The molecule has 3 aromatic rings. The fraction of sp³-hybridized carbons (Fsp3) is 0.400. The van der Waals surface area contributed by atoms with Crippen LogP contribution >= 0.6 is 11.6 Å². The summed E-state index contributed by atoms with van der Waals surface area (Å²) in [5.74, 6) is 0.859. The molecule has 11 heteroatoms. The normalized spacial score (nSPS) is 14.1. The second-order valence-electron chi connectivity index (χ2n) is 9.12. The van der Waals surface area contributed by atoms with Gasteiger partial charge < -0.3 is 20.3 Å². The van der Waals surface area contributed by atoms with Crippen molar-refractivity contribution in [3.63, 3.8) is 0 Å². The van der Waals surface area contributed by atoms with Crippen molar-refractivity contribution in [2.75, 3.05) is 23.7 Å². The van der Waals surface area contributed by atoms with Gasteiger partial charge in [-0.2, -0.15) is 10.1 Å². The largest absolute Gasteiger partial charge is 0.343 e. The Morgan fingerprint density at radius 1 is 1.17 bits per heavy atom. The molecule has 1 aliphatic rings. The van der Waals surface area contributed by atoms with E-state index in [2.05, 4.69) is 30.8 Å². The summed E-state index contributed by atoms with van der Waals surface area (Å²) in [5, 5.41) is 13.2. The molecule has 36 heavy (non-hydrogen) atoms. The quantitative estimate of drug-likeness (QED) is 0.380. The topological polar surface area (TPSA) is 116 Å². The average Bonchev–Trinajstić information content (AvgIpc) is 3.26. The molecule has 1 fully saturated rings. The van der Waals surface area contributed by atoms with Crippen molar-refractivity contribution in [2.45, 2.75) is 52.4 Å². The summed E-state index contributed by atoms with van der Waals surface area (Å²) in [5.41, 5.74) is 3.02. The van der Waals surface area contributed by atoms with Gasteiger partial charge in [-0.25, -0.2) is 9.37 Å². The Kier molecular flexibility index (Phi) is 7.83. The number of piperidine rings is 1. The van der Waals surface area contributed by atoms with Gasteiger partial charge in [-0.3, -0.25) is 9.89 Å². The molecule has 0 spiro atoms. The summed E-state index contributed by atoms with van der Waals surface area (Å²) in [6.07, 6.45) is 3.46. The number of aromatic nitrogens is 4. The highest BCUT2D eigenvalue weighted by Crippen LogP contribution is 2.34. The molecule has 1 aromatic carbocycles. The third kappa shape index (κ3) is 6.17. The first-order valence-electron chi connectivity index (χ1n) is 11.9. The number of aromatic amines is 1. The number of halogens is 2. The standard InChI is InChI=1S/C25H29ClFN7O2/c1-14-10-21(29-25-28-13-19(26)24(31-25)30-22-11-15(2)32-33-22)20(27)12-18(14)17-6-8-34(9-7-17)23(36)5-4-16(3)35/h10-13,17H,4-9H2,1-3H3,(H3,28,29,30,31,32,33). The molecule has 0 aliphatic carbocycles. The first kappa shape index (κ1) is 25.6. The third-order valence-electron chi connectivity index (χ3n) is 6.28. The van der Waals surface area contributed by atoms with E-state index in [1.54, 1.807) is 23.1 Å². The van der Waals surface area contributed by atoms with E-state index >= 15 is 4.39 Å². The van der Waals surface area contributed by atoms with Gasteiger partial charge in [0.25, 0.3) is 0 Å². The van der Waals surface area contributed by atoms with Gasteiger partial charge in [0.2, 0.25) is 11.9 Å². The molecule has 0 radical (unpaired) electrons. The second kappa shape index (κ2) is 11.0. The van der Waals surface area contributed by atoms with Crippen LogP contribution in [0.25, 0.3) is 0 Å². The number of H-pyrrole nitrogens is 1. The van der Waals surface area contributed by atoms with Crippen LogP contribution in [-0.4, -0.2) is 49.8 Å². The van der Waals surface area contributed by atoms with Crippen LogP contribution in [0.3, 0.4) is 0 Å². The molecule has 1 saturated heterocycles. The highest BCUT2D eigenvalue weighted by molar-refractivity contribution is 6.32. The molecule has 4 rings (SSSR count). The minimum Gasteiger partial charge on any atom is -0.343 e. The Labute approximate surface area is 213 Å². The van der Waals surface area contributed by atoms with Crippen LogP contribution in [0.15, 0.2) is 24.4 Å². The van der Waals surface area contributed by atoms with Crippen molar-refractivity contribution < 1.29 is 14.0 Å². The van der Waals surface area contributed by atoms with E-state index < -0.39 is 5.82 Å². The molecule has 9 nitrogen and oxygen atoms in total. The lowest BCUT2D eigenvalue weighted by molar-refractivity contribution is -0.133. The molecule has 3 N–H and O–H groups in total. The highest BCUT2D eigenvalue weighted by atomic mass is 35.5. The predicted octanol–water partition coefficient (Wildman–Crippen LogP) is 5.17. The minimum absolute atomic E-state index is 0.00495. The molecule has 0 bridgehead atoms. The molecule has 0 atom stereocenters. The van der Waals surface area contributed by atoms with E-state index in [1.807, 2.05) is 13.8 Å². The number of nitrogens with zero attached hydrogens (tertiary/aromatic N) is 4. The Morgan fingerprint density at radius 2 is 1.92 bits per heavy atom. The number of aryl methyl sites for hydroxylation is 2. The lowest BCUT2D eigenvalue weighted by Gasteiger charge is -2.33. The number of rotatable bonds is 8. The number of amides is 1. The lowest BCUT2D eigenvalue weighted by atomic mass is 9.86. The number of anilines is 4. The number of hydrogen-bond acceptors (Lipinski definition) is 7. The zero-order valence-corrected chi connectivity index (χ0v) is 21.2. The van der Waals surface area contributed by atoms with Crippen molar-refractivity contribution in [1.82, 2.24) is 25.1 Å². The van der Waals surface area contributed by atoms with Gasteiger partial charge in [-0.05, 0) is 62.8 Å². The van der Waals surface area contributed by atoms with E-state index in [0.717, 1.165) is 29.7 Å². The Hall–Kier alpha value is -3.53. The monoisotopic (exact) mass is 513 g/mol. The van der Waals surface area contributed by atoms with Gasteiger partial charge >= 0.3 is 0 Å². The maximum atomic E-state index is 15.1. The van der Waals surface area contributed by atoms with Gasteiger partial charge in [0, 0.05) is 37.7 Å². The maximum absolute atomic E-state index is 15.1. The molecule has 0 saturated carbocycles. The average molecular weight is 514 g/mol. The summed E-state index contributed by atoms with van der Waals surface area (Å²) in [7, 11) is 0. The second-order valence-corrected chi connectivity index (χ2v) is 9.53. The first-order chi connectivity index (χ1) is 17.2. The number of carbonyl (C=O) groups is 2. The van der Waals surface area contributed by atoms with Crippen molar-refractivity contribution in [1.29, 1.82) is 0 Å². The molecule has 2 aromatic heterocycles. The summed E-state index contributed by atoms with van der Waals surface area (Å²) in [6, 6.07) is 5.11. The number of nitrogens with one attached hydrogen (secondary N) is 3. The van der Waals surface area contributed by atoms with Gasteiger partial charge in [0.15, 0.2) is 11.6 Å². The van der Waals surface area contributed by atoms with E-state index in [0.29, 0.717) is 29.7 Å². The van der Waals surface area contributed by atoms with Crippen LogP contribution in [0.5, 0.6) is 0 Å². The van der Waals surface area contributed by atoms with Gasteiger partial charge in [0.1, 0.15) is 16.6 Å². The van der Waals surface area contributed by atoms with Crippen LogP contribution < -0.4 is 10.6 Å². The predicted molar refractivity (Wildman–Crippen MR) is 137 cm³/mol. The number of hydrogen-bond donors (Lipinski definition) is 3. The lowest BCUT2D eigenvalue weighted by Crippen LogP contribution is -2.38. The summed E-state index contributed by atoms with van der Waals surface area (Å²) in [4.78, 5) is 33.8. The number of benzene rings is 1.